The van der Waals surface area contributed by atoms with E-state index in [1.165, 1.54) is 0 Å². The molecule has 0 aromatic rings. The van der Waals surface area contributed by atoms with Crippen LogP contribution in [0.2, 0.25) is 0 Å². The predicted octanol–water partition coefficient (Wildman–Crippen LogP) is 2.69. The second kappa shape index (κ2) is 11.0. The van der Waals surface area contributed by atoms with Crippen molar-refractivity contribution in [2.75, 3.05) is 26.3 Å². The molecule has 0 aliphatic heterocycles. The third kappa shape index (κ3) is 13.5. The minimum Gasteiger partial charge on any atom is -0.380 e. The van der Waals surface area contributed by atoms with Gasteiger partial charge in [-0.15, -0.1) is 11.8 Å². The first-order chi connectivity index (χ1) is 7.63. The van der Waals surface area contributed by atoms with Gasteiger partial charge in [0.1, 0.15) is 0 Å². The molecule has 1 N–H and O–H groups in total. The summed E-state index contributed by atoms with van der Waals surface area (Å²) >= 11 is 0. The Morgan fingerprint density at radius 1 is 1.12 bits per heavy atom. The minimum atomic E-state index is 0.472. The number of hydrogen-bond acceptors (Lipinski definition) is 2. The van der Waals surface area contributed by atoms with Crippen LogP contribution in [0.3, 0.4) is 0 Å². The van der Waals surface area contributed by atoms with Crippen LogP contribution in [0.1, 0.15) is 40.5 Å². The van der Waals surface area contributed by atoms with Crippen molar-refractivity contribution in [1.82, 2.24) is 5.32 Å². The summed E-state index contributed by atoms with van der Waals surface area (Å²) in [4.78, 5) is 0. The molecule has 94 valence electrons. The molecule has 0 heterocycles. The molecule has 16 heavy (non-hydrogen) atoms. The largest absolute Gasteiger partial charge is 0.380 e. The molecule has 0 fully saturated rings. The van der Waals surface area contributed by atoms with E-state index >= 15 is 0 Å². The maximum absolute atomic E-state index is 5.48. The Bertz CT molecular complexity index is 201. The fourth-order valence-corrected chi connectivity index (χ4v) is 1.19. The molecular formula is C14H27NO. The maximum atomic E-state index is 5.48. The van der Waals surface area contributed by atoms with Crippen LogP contribution >= 0.6 is 0 Å². The second-order valence-corrected chi connectivity index (χ2v) is 4.79. The zero-order valence-electron chi connectivity index (χ0n) is 11.3. The molecule has 0 rings (SSSR count). The zero-order chi connectivity index (χ0) is 12.2. The van der Waals surface area contributed by atoms with Gasteiger partial charge in [0.25, 0.3) is 0 Å². The third-order valence-corrected chi connectivity index (χ3v) is 1.96. The summed E-state index contributed by atoms with van der Waals surface area (Å²) in [7, 11) is 0. The lowest BCUT2D eigenvalue weighted by Crippen LogP contribution is -2.21. The Morgan fingerprint density at radius 3 is 2.50 bits per heavy atom. The van der Waals surface area contributed by atoms with Gasteiger partial charge in [-0.3, -0.25) is 0 Å². The molecule has 0 radical (unpaired) electrons. The molecule has 0 bridgehead atoms. The van der Waals surface area contributed by atoms with Gasteiger partial charge in [0.2, 0.25) is 0 Å². The smallest absolute Gasteiger partial charge is 0.0575 e. The summed E-state index contributed by atoms with van der Waals surface area (Å²) in [6, 6.07) is 0. The predicted molar refractivity (Wildman–Crippen MR) is 70.4 cm³/mol. The van der Waals surface area contributed by atoms with Gasteiger partial charge < -0.3 is 10.1 Å². The summed E-state index contributed by atoms with van der Waals surface area (Å²) in [6.07, 6.45) is 1.95. The average molecular weight is 225 g/mol. The van der Waals surface area contributed by atoms with Gasteiger partial charge in [-0.2, -0.15) is 0 Å². The Labute approximate surface area is 101 Å². The van der Waals surface area contributed by atoms with Crippen LogP contribution in [0.5, 0.6) is 0 Å². The lowest BCUT2D eigenvalue weighted by Gasteiger charge is -2.07. The first kappa shape index (κ1) is 15.5. The van der Waals surface area contributed by atoms with E-state index in [2.05, 4.69) is 44.9 Å². The monoisotopic (exact) mass is 225 g/mol. The highest BCUT2D eigenvalue weighted by atomic mass is 16.5. The molecule has 0 saturated heterocycles. The fraction of sp³-hybridized carbons (Fsp3) is 0.857. The molecule has 0 unspecified atom stereocenters. The van der Waals surface area contributed by atoms with Crippen LogP contribution < -0.4 is 5.32 Å². The molecule has 0 aliphatic rings. The fourth-order valence-electron chi connectivity index (χ4n) is 1.19. The van der Waals surface area contributed by atoms with E-state index in [1.807, 2.05) is 0 Å². The molecule has 0 aliphatic carbocycles. The van der Waals surface area contributed by atoms with Crippen molar-refractivity contribution >= 4 is 0 Å². The number of rotatable bonds is 8. The Morgan fingerprint density at radius 2 is 1.88 bits per heavy atom. The first-order valence-electron chi connectivity index (χ1n) is 6.39. The van der Waals surface area contributed by atoms with E-state index in [0.29, 0.717) is 5.92 Å². The van der Waals surface area contributed by atoms with Crippen LogP contribution in [0.25, 0.3) is 0 Å². The number of ether oxygens (including phenoxy) is 1. The van der Waals surface area contributed by atoms with Crippen LogP contribution in [0.4, 0.5) is 0 Å². The van der Waals surface area contributed by atoms with Gasteiger partial charge in [0.05, 0.1) is 6.61 Å². The van der Waals surface area contributed by atoms with E-state index < -0.39 is 0 Å². The second-order valence-electron chi connectivity index (χ2n) is 4.79. The molecule has 0 atom stereocenters. The van der Waals surface area contributed by atoms with Crippen molar-refractivity contribution in [3.8, 4) is 11.8 Å². The average Bonchev–Trinajstić information content (AvgIpc) is 2.20. The highest BCUT2D eigenvalue weighted by Gasteiger charge is 1.92. The van der Waals surface area contributed by atoms with Crippen molar-refractivity contribution in [1.29, 1.82) is 0 Å². The maximum Gasteiger partial charge on any atom is 0.0575 e. The quantitative estimate of drug-likeness (QED) is 0.506. The van der Waals surface area contributed by atoms with Gasteiger partial charge >= 0.3 is 0 Å². The number of nitrogens with one attached hydrogen (secondary N) is 1. The molecule has 0 aromatic heterocycles. The van der Waals surface area contributed by atoms with Crippen molar-refractivity contribution < 1.29 is 4.74 Å². The van der Waals surface area contributed by atoms with Gasteiger partial charge in [0.15, 0.2) is 0 Å². The Balaban J connectivity index is 3.08. The van der Waals surface area contributed by atoms with Crippen molar-refractivity contribution in [3.05, 3.63) is 0 Å². The van der Waals surface area contributed by atoms with Gasteiger partial charge in [-0.25, -0.2) is 0 Å². The van der Waals surface area contributed by atoms with Gasteiger partial charge in [-0.05, 0) is 25.4 Å². The molecule has 2 heteroatoms. The first-order valence-corrected chi connectivity index (χ1v) is 6.39. The summed E-state index contributed by atoms with van der Waals surface area (Å²) in [5.74, 6) is 7.44. The minimum absolute atomic E-state index is 0.472. The molecule has 0 saturated carbocycles. The zero-order valence-corrected chi connectivity index (χ0v) is 11.3. The van der Waals surface area contributed by atoms with Gasteiger partial charge in [0, 0.05) is 18.9 Å². The standard InChI is InChI=1S/C14H27NO/c1-13(2)8-5-6-10-16-11-7-9-15-12-14(3)4/h13-15H,6-7,9-12H2,1-4H3. The van der Waals surface area contributed by atoms with Crippen molar-refractivity contribution in [2.24, 2.45) is 11.8 Å². The molecule has 0 amide bonds. The van der Waals surface area contributed by atoms with Crippen LogP contribution in [-0.4, -0.2) is 26.3 Å². The highest BCUT2D eigenvalue weighted by Crippen LogP contribution is 1.90. The molecule has 0 aromatic carbocycles. The SMILES string of the molecule is CC(C)C#CCCOCCCNCC(C)C. The molecular weight excluding hydrogens is 198 g/mol. The lowest BCUT2D eigenvalue weighted by atomic mass is 10.2. The van der Waals surface area contributed by atoms with Crippen LogP contribution in [-0.2, 0) is 4.74 Å². The summed E-state index contributed by atoms with van der Waals surface area (Å²) in [5.41, 5.74) is 0. The normalized spacial score (nSPS) is 10.6. The van der Waals surface area contributed by atoms with E-state index in [0.717, 1.165) is 45.1 Å². The van der Waals surface area contributed by atoms with E-state index in [-0.39, 0.29) is 0 Å². The van der Waals surface area contributed by atoms with E-state index in [1.54, 1.807) is 0 Å². The van der Waals surface area contributed by atoms with E-state index in [4.69, 9.17) is 4.74 Å². The topological polar surface area (TPSA) is 21.3 Å². The van der Waals surface area contributed by atoms with Crippen LogP contribution in [0, 0.1) is 23.7 Å². The number of hydrogen-bond donors (Lipinski definition) is 1. The van der Waals surface area contributed by atoms with Gasteiger partial charge in [-0.1, -0.05) is 27.7 Å². The Hall–Kier alpha value is -0.520. The lowest BCUT2D eigenvalue weighted by molar-refractivity contribution is 0.137. The summed E-state index contributed by atoms with van der Waals surface area (Å²) < 4.78 is 5.48. The summed E-state index contributed by atoms with van der Waals surface area (Å²) in [6.45, 7) is 12.4. The van der Waals surface area contributed by atoms with Crippen molar-refractivity contribution in [2.45, 2.75) is 40.5 Å². The van der Waals surface area contributed by atoms with Crippen LogP contribution in [0.15, 0.2) is 0 Å². The molecule has 2 nitrogen and oxygen atoms in total. The highest BCUT2D eigenvalue weighted by molar-refractivity contribution is 5.00. The molecule has 0 spiro atoms. The van der Waals surface area contributed by atoms with Crippen molar-refractivity contribution in [3.63, 3.8) is 0 Å². The third-order valence-electron chi connectivity index (χ3n) is 1.96. The summed E-state index contributed by atoms with van der Waals surface area (Å²) in [5, 5.41) is 3.39. The Kier molecular flexibility index (Phi) is 10.6. The van der Waals surface area contributed by atoms with E-state index in [9.17, 15) is 0 Å².